The Morgan fingerprint density at radius 2 is 1.80 bits per heavy atom. The number of benzene rings is 2. The van der Waals surface area contributed by atoms with Crippen molar-refractivity contribution in [3.63, 3.8) is 0 Å². The first-order valence-corrected chi connectivity index (χ1v) is 6.86. The topological polar surface area (TPSA) is 35.2 Å². The number of fused-ring (bicyclic) bond motifs is 4. The Hall–Kier alpha value is -2.32. The number of hydrogen-bond donors (Lipinski definition) is 1. The molecular weight excluding hydrogens is 246 g/mol. The lowest BCUT2D eigenvalue weighted by atomic mass is 9.99. The summed E-state index contributed by atoms with van der Waals surface area (Å²) in [6.45, 7) is 0.501. The Kier molecular flexibility index (Phi) is 2.51. The summed E-state index contributed by atoms with van der Waals surface area (Å²) in [6.07, 6.45) is 4.33. The highest BCUT2D eigenvalue weighted by atomic mass is 16.5. The quantitative estimate of drug-likeness (QED) is 0.841. The van der Waals surface area contributed by atoms with Gasteiger partial charge < -0.3 is 10.5 Å². The fourth-order valence-corrected chi connectivity index (χ4v) is 2.91. The summed E-state index contributed by atoms with van der Waals surface area (Å²) in [5, 5.41) is 2.34. The molecule has 4 rings (SSSR count). The lowest BCUT2D eigenvalue weighted by Crippen LogP contribution is -2.27. The highest BCUT2D eigenvalue weighted by Crippen LogP contribution is 2.34. The van der Waals surface area contributed by atoms with Gasteiger partial charge in [-0.1, -0.05) is 48.5 Å². The molecule has 1 unspecified atom stereocenters. The van der Waals surface area contributed by atoms with Gasteiger partial charge in [0.1, 0.15) is 11.9 Å². The Bertz CT molecular complexity index is 832. The second-order valence-electron chi connectivity index (χ2n) is 5.12. The minimum Gasteiger partial charge on any atom is -0.484 e. The predicted octanol–water partition coefficient (Wildman–Crippen LogP) is 1.38. The van der Waals surface area contributed by atoms with E-state index in [0.29, 0.717) is 6.54 Å². The Morgan fingerprint density at radius 1 is 1.00 bits per heavy atom. The smallest absolute Gasteiger partial charge is 0.135 e. The van der Waals surface area contributed by atoms with E-state index in [4.69, 9.17) is 10.5 Å². The standard InChI is InChI=1S/C18H15NO/c19-11-14-10-17-15-7-3-1-5-12(15)9-13-6-2-4-8-16(13)18(17)20-14/h1-10,14H,11,19H2. The van der Waals surface area contributed by atoms with Crippen molar-refractivity contribution in [1.82, 2.24) is 0 Å². The summed E-state index contributed by atoms with van der Waals surface area (Å²) in [7, 11) is 0. The van der Waals surface area contributed by atoms with Crippen LogP contribution >= 0.6 is 0 Å². The van der Waals surface area contributed by atoms with Crippen molar-refractivity contribution in [3.05, 3.63) is 76.2 Å². The predicted molar refractivity (Wildman–Crippen MR) is 81.0 cm³/mol. The molecule has 0 spiro atoms. The third-order valence-corrected chi connectivity index (χ3v) is 3.87. The molecule has 98 valence electrons. The molecule has 2 aliphatic rings. The van der Waals surface area contributed by atoms with Gasteiger partial charge in [-0.15, -0.1) is 0 Å². The monoisotopic (exact) mass is 261 g/mol. The van der Waals surface area contributed by atoms with Crippen LogP contribution in [-0.2, 0) is 4.74 Å². The van der Waals surface area contributed by atoms with Crippen molar-refractivity contribution in [2.24, 2.45) is 5.73 Å². The number of ether oxygens (including phenoxy) is 1. The largest absolute Gasteiger partial charge is 0.484 e. The van der Waals surface area contributed by atoms with E-state index in [1.807, 2.05) is 6.07 Å². The van der Waals surface area contributed by atoms with Crippen LogP contribution in [0.4, 0.5) is 0 Å². The van der Waals surface area contributed by atoms with Gasteiger partial charge in [-0.25, -0.2) is 0 Å². The molecule has 2 aromatic carbocycles. The third-order valence-electron chi connectivity index (χ3n) is 3.87. The highest BCUT2D eigenvalue weighted by Gasteiger charge is 2.25. The molecule has 1 atom stereocenters. The minimum atomic E-state index is -0.0285. The highest BCUT2D eigenvalue weighted by molar-refractivity contribution is 5.99. The third kappa shape index (κ3) is 1.62. The Labute approximate surface area is 117 Å². The van der Waals surface area contributed by atoms with Gasteiger partial charge in [0, 0.05) is 17.3 Å². The molecule has 1 aliphatic heterocycles. The molecule has 2 aromatic rings. The van der Waals surface area contributed by atoms with Crippen LogP contribution in [0, 0.1) is 0 Å². The van der Waals surface area contributed by atoms with Crippen LogP contribution in [0.25, 0.3) is 17.4 Å². The van der Waals surface area contributed by atoms with Crippen LogP contribution in [0.1, 0.15) is 11.1 Å². The second-order valence-corrected chi connectivity index (χ2v) is 5.12. The zero-order valence-corrected chi connectivity index (χ0v) is 11.0. The SMILES string of the molecule is NCC1C=C2C(=c3ccccc3=Cc3ccccc32)O1. The van der Waals surface area contributed by atoms with Crippen LogP contribution in [0.2, 0.25) is 0 Å². The first-order valence-electron chi connectivity index (χ1n) is 6.86. The van der Waals surface area contributed by atoms with Crippen LogP contribution in [0.5, 0.6) is 0 Å². The van der Waals surface area contributed by atoms with Crippen LogP contribution in [0.15, 0.2) is 54.6 Å². The molecule has 20 heavy (non-hydrogen) atoms. The van der Waals surface area contributed by atoms with E-state index in [1.165, 1.54) is 16.3 Å². The van der Waals surface area contributed by atoms with Crippen LogP contribution < -0.4 is 16.2 Å². The first kappa shape index (κ1) is 11.5. The number of rotatable bonds is 1. The Balaban J connectivity index is 2.13. The summed E-state index contributed by atoms with van der Waals surface area (Å²) < 4.78 is 6.06. The molecule has 1 aliphatic carbocycles. The molecule has 0 saturated carbocycles. The maximum absolute atomic E-state index is 6.06. The fraction of sp³-hybridized carbons (Fsp3) is 0.111. The molecular formula is C18H15NO. The average molecular weight is 261 g/mol. The van der Waals surface area contributed by atoms with E-state index in [-0.39, 0.29) is 6.10 Å². The maximum Gasteiger partial charge on any atom is 0.135 e. The van der Waals surface area contributed by atoms with E-state index in [1.54, 1.807) is 0 Å². The van der Waals surface area contributed by atoms with Gasteiger partial charge >= 0.3 is 0 Å². The van der Waals surface area contributed by atoms with Crippen molar-refractivity contribution in [3.8, 4) is 0 Å². The van der Waals surface area contributed by atoms with Gasteiger partial charge in [-0.2, -0.15) is 0 Å². The summed E-state index contributed by atoms with van der Waals surface area (Å²) in [5.41, 5.74) is 9.38. The van der Waals surface area contributed by atoms with Gasteiger partial charge in [0.05, 0.1) is 0 Å². The normalized spacial score (nSPS) is 18.9. The van der Waals surface area contributed by atoms with Crippen molar-refractivity contribution in [1.29, 1.82) is 0 Å². The van der Waals surface area contributed by atoms with E-state index >= 15 is 0 Å². The Morgan fingerprint density at radius 3 is 2.70 bits per heavy atom. The fourth-order valence-electron chi connectivity index (χ4n) is 2.91. The zero-order chi connectivity index (χ0) is 13.5. The van der Waals surface area contributed by atoms with Crippen molar-refractivity contribution >= 4 is 17.4 Å². The molecule has 0 amide bonds. The molecule has 0 bridgehead atoms. The lowest BCUT2D eigenvalue weighted by Gasteiger charge is -2.09. The summed E-state index contributed by atoms with van der Waals surface area (Å²) in [4.78, 5) is 0. The molecule has 0 radical (unpaired) electrons. The van der Waals surface area contributed by atoms with Crippen LogP contribution in [-0.4, -0.2) is 12.6 Å². The second kappa shape index (κ2) is 4.36. The average Bonchev–Trinajstić information content (AvgIpc) is 2.87. The van der Waals surface area contributed by atoms with Gasteiger partial charge in [0.15, 0.2) is 0 Å². The number of nitrogens with two attached hydrogens (primary N) is 1. The lowest BCUT2D eigenvalue weighted by molar-refractivity contribution is 0.233. The van der Waals surface area contributed by atoms with Crippen molar-refractivity contribution in [2.45, 2.75) is 6.10 Å². The molecule has 2 nitrogen and oxygen atoms in total. The first-order chi connectivity index (χ1) is 9.86. The van der Waals surface area contributed by atoms with Crippen molar-refractivity contribution < 1.29 is 4.74 Å². The summed E-state index contributed by atoms with van der Waals surface area (Å²) in [6, 6.07) is 16.8. The zero-order valence-electron chi connectivity index (χ0n) is 11.0. The molecule has 0 fully saturated rings. The van der Waals surface area contributed by atoms with Crippen molar-refractivity contribution in [2.75, 3.05) is 6.54 Å². The molecule has 1 heterocycles. The van der Waals surface area contributed by atoms with Crippen LogP contribution in [0.3, 0.4) is 0 Å². The molecule has 0 aromatic heterocycles. The van der Waals surface area contributed by atoms with E-state index in [9.17, 15) is 0 Å². The summed E-state index contributed by atoms with van der Waals surface area (Å²) >= 11 is 0. The molecule has 0 saturated heterocycles. The molecule has 2 heteroatoms. The number of hydrogen-bond acceptors (Lipinski definition) is 2. The van der Waals surface area contributed by atoms with Gasteiger partial charge in [0.25, 0.3) is 0 Å². The van der Waals surface area contributed by atoms with Gasteiger partial charge in [-0.3, -0.25) is 0 Å². The molecule has 2 N–H and O–H groups in total. The van der Waals surface area contributed by atoms with Gasteiger partial charge in [-0.05, 0) is 28.5 Å². The minimum absolute atomic E-state index is 0.0285. The summed E-state index contributed by atoms with van der Waals surface area (Å²) in [5.74, 6) is 0.956. The van der Waals surface area contributed by atoms with Gasteiger partial charge in [0.2, 0.25) is 0 Å². The van der Waals surface area contributed by atoms with E-state index < -0.39 is 0 Å². The van der Waals surface area contributed by atoms with E-state index in [0.717, 1.165) is 16.6 Å². The maximum atomic E-state index is 6.06. The van der Waals surface area contributed by atoms with E-state index in [2.05, 4.69) is 54.6 Å².